The zero-order valence-corrected chi connectivity index (χ0v) is 12.6. The van der Waals surface area contributed by atoms with Crippen LogP contribution in [0.2, 0.25) is 0 Å². The minimum Gasteiger partial charge on any atom is -0.383 e. The van der Waals surface area contributed by atoms with Crippen molar-refractivity contribution in [2.24, 2.45) is 5.41 Å². The van der Waals surface area contributed by atoms with Gasteiger partial charge in [-0.25, -0.2) is 0 Å². The van der Waals surface area contributed by atoms with Crippen molar-refractivity contribution in [3.05, 3.63) is 0 Å². The van der Waals surface area contributed by atoms with Crippen molar-refractivity contribution in [1.29, 1.82) is 0 Å². The Hall–Kier alpha value is 0.400. The van der Waals surface area contributed by atoms with Gasteiger partial charge in [0, 0.05) is 31.6 Å². The summed E-state index contributed by atoms with van der Waals surface area (Å²) in [6.07, 6.45) is 5.28. The van der Waals surface area contributed by atoms with Gasteiger partial charge in [0.2, 0.25) is 0 Å². The van der Waals surface area contributed by atoms with Crippen LogP contribution in [0, 0.1) is 5.41 Å². The van der Waals surface area contributed by atoms with E-state index >= 15 is 0 Å². The summed E-state index contributed by atoms with van der Waals surface area (Å²) in [7, 11) is 1.79. The van der Waals surface area contributed by atoms with E-state index in [9.17, 15) is 0 Å². The molecule has 16 heavy (non-hydrogen) atoms. The van der Waals surface area contributed by atoms with E-state index in [4.69, 9.17) is 4.74 Å². The molecule has 0 amide bonds. The lowest BCUT2D eigenvalue weighted by molar-refractivity contribution is 0.101. The molecule has 0 aromatic rings. The lowest BCUT2D eigenvalue weighted by Gasteiger charge is -2.33. The van der Waals surface area contributed by atoms with Crippen LogP contribution in [-0.4, -0.2) is 43.1 Å². The molecule has 0 saturated heterocycles. The largest absolute Gasteiger partial charge is 0.383 e. The van der Waals surface area contributed by atoms with Crippen LogP contribution < -0.4 is 0 Å². The number of nitrogens with zero attached hydrogens (tertiary/aromatic N) is 1. The highest BCUT2D eigenvalue weighted by atomic mass is 79.9. The minimum absolute atomic E-state index is 0.580. The highest BCUT2D eigenvalue weighted by Gasteiger charge is 2.43. The van der Waals surface area contributed by atoms with Crippen LogP contribution in [0.3, 0.4) is 0 Å². The summed E-state index contributed by atoms with van der Waals surface area (Å²) in [5.41, 5.74) is 0.580. The maximum absolute atomic E-state index is 5.23. The molecule has 0 unspecified atom stereocenters. The first-order chi connectivity index (χ1) is 7.71. The molecule has 0 aromatic heterocycles. The van der Waals surface area contributed by atoms with Crippen molar-refractivity contribution < 1.29 is 4.74 Å². The smallest absolute Gasteiger partial charge is 0.0589 e. The van der Waals surface area contributed by atoms with Crippen molar-refractivity contribution in [2.75, 3.05) is 32.1 Å². The molecule has 1 fully saturated rings. The Morgan fingerprint density at radius 2 is 1.94 bits per heavy atom. The number of hydrogen-bond acceptors (Lipinski definition) is 2. The minimum atomic E-state index is 0.580. The average molecular weight is 292 g/mol. The maximum Gasteiger partial charge on any atom is 0.0589 e. The molecule has 1 aliphatic carbocycles. The molecule has 0 bridgehead atoms. The van der Waals surface area contributed by atoms with Crippen molar-refractivity contribution >= 4 is 15.9 Å². The van der Waals surface area contributed by atoms with Crippen molar-refractivity contribution in [3.8, 4) is 0 Å². The molecule has 96 valence electrons. The second kappa shape index (κ2) is 6.97. The number of halogens is 1. The van der Waals surface area contributed by atoms with Gasteiger partial charge in [-0.3, -0.25) is 4.90 Å². The predicted molar refractivity (Wildman–Crippen MR) is 73.3 cm³/mol. The van der Waals surface area contributed by atoms with Gasteiger partial charge < -0.3 is 4.74 Å². The van der Waals surface area contributed by atoms with E-state index in [1.807, 2.05) is 0 Å². The molecule has 0 spiro atoms. The number of rotatable bonds is 9. The molecule has 0 radical (unpaired) electrons. The van der Waals surface area contributed by atoms with E-state index in [0.717, 1.165) is 24.5 Å². The van der Waals surface area contributed by atoms with Crippen LogP contribution in [-0.2, 0) is 4.74 Å². The molecule has 2 nitrogen and oxygen atoms in total. The fourth-order valence-electron chi connectivity index (χ4n) is 2.35. The van der Waals surface area contributed by atoms with Crippen LogP contribution in [0.1, 0.15) is 39.5 Å². The van der Waals surface area contributed by atoms with Crippen LogP contribution >= 0.6 is 15.9 Å². The SMILES string of the molecule is CCC(CC)N(CCOC)CC1(CBr)CC1. The molecular weight excluding hydrogens is 266 g/mol. The highest BCUT2D eigenvalue weighted by Crippen LogP contribution is 2.48. The summed E-state index contributed by atoms with van der Waals surface area (Å²) < 4.78 is 5.23. The maximum atomic E-state index is 5.23. The second-order valence-electron chi connectivity index (χ2n) is 5.07. The fourth-order valence-corrected chi connectivity index (χ4v) is 3.08. The third-order valence-corrected chi connectivity index (χ3v) is 5.01. The Bertz CT molecular complexity index is 190. The summed E-state index contributed by atoms with van der Waals surface area (Å²) in [5.74, 6) is 0. The Morgan fingerprint density at radius 3 is 2.31 bits per heavy atom. The molecule has 0 N–H and O–H groups in total. The van der Waals surface area contributed by atoms with Gasteiger partial charge >= 0.3 is 0 Å². The Balaban J connectivity index is 2.48. The summed E-state index contributed by atoms with van der Waals surface area (Å²) in [6.45, 7) is 7.77. The monoisotopic (exact) mass is 291 g/mol. The third-order valence-electron chi connectivity index (χ3n) is 3.82. The molecule has 0 aliphatic heterocycles. The van der Waals surface area contributed by atoms with Crippen LogP contribution in [0.5, 0.6) is 0 Å². The van der Waals surface area contributed by atoms with Gasteiger partial charge in [0.15, 0.2) is 0 Å². The predicted octanol–water partition coefficient (Wildman–Crippen LogP) is 3.30. The van der Waals surface area contributed by atoms with E-state index in [2.05, 4.69) is 34.7 Å². The van der Waals surface area contributed by atoms with Crippen molar-refractivity contribution in [3.63, 3.8) is 0 Å². The van der Waals surface area contributed by atoms with Crippen molar-refractivity contribution in [2.45, 2.75) is 45.6 Å². The number of hydrogen-bond donors (Lipinski definition) is 0. The molecule has 0 atom stereocenters. The average Bonchev–Trinajstić information content (AvgIpc) is 3.08. The molecule has 1 saturated carbocycles. The Morgan fingerprint density at radius 1 is 1.31 bits per heavy atom. The molecule has 1 rings (SSSR count). The number of methoxy groups -OCH3 is 1. The summed E-state index contributed by atoms with van der Waals surface area (Å²) in [6, 6.07) is 0.728. The van der Waals surface area contributed by atoms with E-state index in [1.165, 1.54) is 32.2 Å². The fraction of sp³-hybridized carbons (Fsp3) is 1.00. The molecule has 1 aliphatic rings. The van der Waals surface area contributed by atoms with Crippen LogP contribution in [0.15, 0.2) is 0 Å². The van der Waals surface area contributed by atoms with Gasteiger partial charge in [-0.15, -0.1) is 0 Å². The van der Waals surface area contributed by atoms with Gasteiger partial charge in [0.05, 0.1) is 6.61 Å². The summed E-state index contributed by atoms with van der Waals surface area (Å²) in [5, 5.41) is 1.16. The third kappa shape index (κ3) is 4.01. The van der Waals surface area contributed by atoms with Gasteiger partial charge in [0.1, 0.15) is 0 Å². The highest BCUT2D eigenvalue weighted by molar-refractivity contribution is 9.09. The van der Waals surface area contributed by atoms with E-state index < -0.39 is 0 Å². The van der Waals surface area contributed by atoms with Crippen molar-refractivity contribution in [1.82, 2.24) is 4.90 Å². The summed E-state index contributed by atoms with van der Waals surface area (Å²) in [4.78, 5) is 2.64. The van der Waals surface area contributed by atoms with Gasteiger partial charge in [-0.1, -0.05) is 29.8 Å². The quantitative estimate of drug-likeness (QED) is 0.605. The van der Waals surface area contributed by atoms with Gasteiger partial charge in [-0.05, 0) is 31.1 Å². The number of alkyl halides is 1. The molecule has 3 heteroatoms. The van der Waals surface area contributed by atoms with E-state index in [1.54, 1.807) is 7.11 Å². The Labute approximate surface area is 109 Å². The standard InChI is InChI=1S/C13H26BrNO/c1-4-12(5-2)15(8-9-16-3)11-13(10-14)6-7-13/h12H,4-11H2,1-3H3. The molecule has 0 aromatic carbocycles. The lowest BCUT2D eigenvalue weighted by atomic mass is 10.1. The van der Waals surface area contributed by atoms with Crippen LogP contribution in [0.25, 0.3) is 0 Å². The zero-order chi connectivity index (χ0) is 12.0. The first kappa shape index (κ1) is 14.5. The van der Waals surface area contributed by atoms with E-state index in [0.29, 0.717) is 5.41 Å². The van der Waals surface area contributed by atoms with Gasteiger partial charge in [-0.2, -0.15) is 0 Å². The van der Waals surface area contributed by atoms with Crippen LogP contribution in [0.4, 0.5) is 0 Å². The second-order valence-corrected chi connectivity index (χ2v) is 5.63. The zero-order valence-electron chi connectivity index (χ0n) is 11.0. The first-order valence-electron chi connectivity index (χ1n) is 6.50. The first-order valence-corrected chi connectivity index (χ1v) is 7.62. The van der Waals surface area contributed by atoms with E-state index in [-0.39, 0.29) is 0 Å². The normalized spacial score (nSPS) is 18.4. The molecular formula is C13H26BrNO. The van der Waals surface area contributed by atoms with Gasteiger partial charge in [0.25, 0.3) is 0 Å². The topological polar surface area (TPSA) is 12.5 Å². The Kier molecular flexibility index (Phi) is 6.30. The number of ether oxygens (including phenoxy) is 1. The lowest BCUT2D eigenvalue weighted by Crippen LogP contribution is -2.41. The summed E-state index contributed by atoms with van der Waals surface area (Å²) >= 11 is 3.67. The molecule has 0 heterocycles.